The molecule has 3 amide bonds. The number of carbonyl (C=O) groups excluding carboxylic acids is 3. The van der Waals surface area contributed by atoms with E-state index in [-0.39, 0.29) is 30.6 Å². The van der Waals surface area contributed by atoms with Crippen LogP contribution in [0.25, 0.3) is 0 Å². The van der Waals surface area contributed by atoms with Crippen molar-refractivity contribution in [1.29, 1.82) is 0 Å². The van der Waals surface area contributed by atoms with Crippen LogP contribution < -0.4 is 10.2 Å². The van der Waals surface area contributed by atoms with E-state index >= 15 is 0 Å². The molecule has 0 saturated heterocycles. The lowest BCUT2D eigenvalue weighted by atomic mass is 10.1. The van der Waals surface area contributed by atoms with Crippen LogP contribution in [0, 0.1) is 0 Å². The summed E-state index contributed by atoms with van der Waals surface area (Å²) in [6.45, 7) is 7.80. The Balaban J connectivity index is 1.42. The van der Waals surface area contributed by atoms with Gasteiger partial charge in [-0.05, 0) is 49.2 Å². The Morgan fingerprint density at radius 1 is 1.00 bits per heavy atom. The van der Waals surface area contributed by atoms with Gasteiger partial charge >= 0.3 is 0 Å². The highest BCUT2D eigenvalue weighted by atomic mass is 32.1. The standard InChI is InChI=1S/C27H31N5O3S/c1-3-30(19-20-9-8-18-36-20)16-17-31(4-2)24(33)13-14-25(34)32-23-12-6-5-10-21(23)27(35)29-22-11-7-15-28-26(22)32/h5-12,15,18H,3-4,13-14,16-17,19H2,1-2H3,(H,29,35). The van der Waals surface area contributed by atoms with Crippen molar-refractivity contribution in [1.82, 2.24) is 14.8 Å². The summed E-state index contributed by atoms with van der Waals surface area (Å²) in [7, 11) is 0. The van der Waals surface area contributed by atoms with E-state index in [1.165, 1.54) is 9.78 Å². The highest BCUT2D eigenvalue weighted by molar-refractivity contribution is 7.09. The van der Waals surface area contributed by atoms with E-state index in [0.717, 1.165) is 19.6 Å². The number of hydrogen-bond acceptors (Lipinski definition) is 6. The van der Waals surface area contributed by atoms with Crippen LogP contribution in [-0.4, -0.2) is 58.7 Å². The minimum Gasteiger partial charge on any atom is -0.342 e. The number of amides is 3. The molecule has 1 aromatic carbocycles. The maximum absolute atomic E-state index is 13.5. The zero-order valence-corrected chi connectivity index (χ0v) is 21.5. The Bertz CT molecular complexity index is 1210. The lowest BCUT2D eigenvalue weighted by molar-refractivity contribution is -0.133. The average molecular weight is 506 g/mol. The number of para-hydroxylation sites is 1. The van der Waals surface area contributed by atoms with Gasteiger partial charge in [0, 0.05) is 50.1 Å². The van der Waals surface area contributed by atoms with Gasteiger partial charge in [-0.15, -0.1) is 11.3 Å². The summed E-state index contributed by atoms with van der Waals surface area (Å²) in [5.74, 6) is -0.285. The number of rotatable bonds is 10. The number of anilines is 3. The third-order valence-electron chi connectivity index (χ3n) is 6.27. The largest absolute Gasteiger partial charge is 0.342 e. The zero-order chi connectivity index (χ0) is 25.5. The van der Waals surface area contributed by atoms with Crippen molar-refractivity contribution in [3.63, 3.8) is 0 Å². The van der Waals surface area contributed by atoms with Crippen molar-refractivity contribution in [3.8, 4) is 0 Å². The Hall–Kier alpha value is -3.56. The quantitative estimate of drug-likeness (QED) is 0.438. The van der Waals surface area contributed by atoms with Gasteiger partial charge in [0.25, 0.3) is 5.91 Å². The molecule has 0 spiro atoms. The number of benzene rings is 1. The number of thiophene rings is 1. The highest BCUT2D eigenvalue weighted by Gasteiger charge is 2.30. The summed E-state index contributed by atoms with van der Waals surface area (Å²) in [5, 5.41) is 4.90. The smallest absolute Gasteiger partial charge is 0.257 e. The SMILES string of the molecule is CCN(CCN(CC)C(=O)CCC(=O)N1c2ccccc2C(=O)Nc2cccnc21)Cc1cccs1. The van der Waals surface area contributed by atoms with Crippen molar-refractivity contribution in [2.24, 2.45) is 0 Å². The topological polar surface area (TPSA) is 85.9 Å². The molecule has 36 heavy (non-hydrogen) atoms. The molecule has 0 aliphatic carbocycles. The molecule has 9 heteroatoms. The van der Waals surface area contributed by atoms with Crippen LogP contribution in [0.1, 0.15) is 41.9 Å². The van der Waals surface area contributed by atoms with E-state index in [4.69, 9.17) is 0 Å². The molecule has 0 atom stereocenters. The monoisotopic (exact) mass is 505 g/mol. The van der Waals surface area contributed by atoms with Crippen molar-refractivity contribution >= 4 is 46.3 Å². The normalized spacial score (nSPS) is 12.5. The number of likely N-dealkylation sites (N-methyl/N-ethyl adjacent to an activating group) is 2. The molecule has 8 nitrogen and oxygen atoms in total. The van der Waals surface area contributed by atoms with Crippen LogP contribution in [0.4, 0.5) is 17.2 Å². The Morgan fingerprint density at radius 3 is 2.58 bits per heavy atom. The second kappa shape index (κ2) is 11.9. The van der Waals surface area contributed by atoms with E-state index in [1.807, 2.05) is 6.92 Å². The minimum atomic E-state index is -0.300. The lowest BCUT2D eigenvalue weighted by Crippen LogP contribution is -2.39. The maximum Gasteiger partial charge on any atom is 0.257 e. The fourth-order valence-electron chi connectivity index (χ4n) is 4.27. The number of pyridine rings is 1. The summed E-state index contributed by atoms with van der Waals surface area (Å²) in [6, 6.07) is 14.5. The first-order valence-corrected chi connectivity index (χ1v) is 13.1. The Labute approximate surface area is 215 Å². The number of carbonyl (C=O) groups is 3. The molecule has 0 fully saturated rings. The fourth-order valence-corrected chi connectivity index (χ4v) is 5.01. The molecule has 0 bridgehead atoms. The molecule has 3 aromatic rings. The molecule has 188 valence electrons. The van der Waals surface area contributed by atoms with Crippen LogP contribution in [0.2, 0.25) is 0 Å². The van der Waals surface area contributed by atoms with Gasteiger partial charge in [0.1, 0.15) is 0 Å². The predicted molar refractivity (Wildman–Crippen MR) is 143 cm³/mol. The second-order valence-electron chi connectivity index (χ2n) is 8.50. The minimum absolute atomic E-state index is 0.0144. The second-order valence-corrected chi connectivity index (χ2v) is 9.53. The molecule has 4 rings (SSSR count). The van der Waals surface area contributed by atoms with Gasteiger partial charge in [0.2, 0.25) is 11.8 Å². The predicted octanol–water partition coefficient (Wildman–Crippen LogP) is 4.52. The van der Waals surface area contributed by atoms with Gasteiger partial charge in [-0.3, -0.25) is 24.2 Å². The lowest BCUT2D eigenvalue weighted by Gasteiger charge is -2.27. The van der Waals surface area contributed by atoms with Crippen LogP contribution in [0.3, 0.4) is 0 Å². The van der Waals surface area contributed by atoms with E-state index in [9.17, 15) is 14.4 Å². The molecular formula is C27H31N5O3S. The van der Waals surface area contributed by atoms with Gasteiger partial charge < -0.3 is 10.2 Å². The first-order chi connectivity index (χ1) is 17.5. The van der Waals surface area contributed by atoms with E-state index in [1.54, 1.807) is 58.8 Å². The van der Waals surface area contributed by atoms with Gasteiger partial charge in [0.05, 0.1) is 16.9 Å². The van der Waals surface area contributed by atoms with Crippen molar-refractivity contribution in [2.75, 3.05) is 36.4 Å². The molecule has 3 heterocycles. The van der Waals surface area contributed by atoms with Crippen molar-refractivity contribution in [2.45, 2.75) is 33.2 Å². The number of fused-ring (bicyclic) bond motifs is 2. The molecule has 1 N–H and O–H groups in total. The first kappa shape index (κ1) is 25.5. The van der Waals surface area contributed by atoms with Gasteiger partial charge in [0.15, 0.2) is 5.82 Å². The average Bonchev–Trinajstić information content (AvgIpc) is 3.37. The van der Waals surface area contributed by atoms with Crippen LogP contribution in [-0.2, 0) is 16.1 Å². The number of hydrogen-bond donors (Lipinski definition) is 1. The van der Waals surface area contributed by atoms with E-state index in [0.29, 0.717) is 35.8 Å². The third-order valence-corrected chi connectivity index (χ3v) is 7.13. The van der Waals surface area contributed by atoms with Crippen molar-refractivity contribution < 1.29 is 14.4 Å². The van der Waals surface area contributed by atoms with E-state index < -0.39 is 0 Å². The van der Waals surface area contributed by atoms with Crippen LogP contribution in [0.5, 0.6) is 0 Å². The summed E-state index contributed by atoms with van der Waals surface area (Å²) in [5.41, 5.74) is 1.30. The number of nitrogens with one attached hydrogen (secondary N) is 1. The molecular weight excluding hydrogens is 474 g/mol. The first-order valence-electron chi connectivity index (χ1n) is 12.2. The number of aromatic nitrogens is 1. The maximum atomic E-state index is 13.5. The Morgan fingerprint density at radius 2 is 1.83 bits per heavy atom. The summed E-state index contributed by atoms with van der Waals surface area (Å²) in [6.07, 6.45) is 1.69. The van der Waals surface area contributed by atoms with Gasteiger partial charge in [-0.2, -0.15) is 0 Å². The third kappa shape index (κ3) is 5.80. The van der Waals surface area contributed by atoms with Crippen LogP contribution in [0.15, 0.2) is 60.1 Å². The molecule has 2 aromatic heterocycles. The summed E-state index contributed by atoms with van der Waals surface area (Å²) >= 11 is 1.73. The molecule has 0 unspecified atom stereocenters. The van der Waals surface area contributed by atoms with E-state index in [2.05, 4.69) is 39.6 Å². The van der Waals surface area contributed by atoms with Crippen molar-refractivity contribution in [3.05, 3.63) is 70.5 Å². The van der Waals surface area contributed by atoms with Gasteiger partial charge in [-0.1, -0.05) is 25.1 Å². The van der Waals surface area contributed by atoms with Crippen LogP contribution >= 0.6 is 11.3 Å². The highest BCUT2D eigenvalue weighted by Crippen LogP contribution is 2.36. The molecule has 1 aliphatic heterocycles. The molecule has 0 saturated carbocycles. The zero-order valence-electron chi connectivity index (χ0n) is 20.6. The van der Waals surface area contributed by atoms with Gasteiger partial charge in [-0.25, -0.2) is 4.98 Å². The Kier molecular flexibility index (Phi) is 8.45. The summed E-state index contributed by atoms with van der Waals surface area (Å²) in [4.78, 5) is 50.5. The number of nitrogens with zero attached hydrogens (tertiary/aromatic N) is 4. The molecule has 0 radical (unpaired) electrons. The summed E-state index contributed by atoms with van der Waals surface area (Å²) < 4.78 is 0. The molecule has 1 aliphatic rings. The fraction of sp³-hybridized carbons (Fsp3) is 0.333.